The Kier molecular flexibility index (Phi) is 5.03. The summed E-state index contributed by atoms with van der Waals surface area (Å²) in [4.78, 5) is 21.4. The van der Waals surface area contributed by atoms with Crippen LogP contribution in [0.1, 0.15) is 12.8 Å². The van der Waals surface area contributed by atoms with Gasteiger partial charge in [0.1, 0.15) is 0 Å². The van der Waals surface area contributed by atoms with Gasteiger partial charge in [0, 0.05) is 14.1 Å². The van der Waals surface area contributed by atoms with Crippen LogP contribution in [-0.2, 0) is 9.59 Å². The molecule has 0 spiro atoms. The van der Waals surface area contributed by atoms with Gasteiger partial charge in [-0.25, -0.2) is 0 Å². The van der Waals surface area contributed by atoms with Crippen LogP contribution in [0.5, 0.6) is 0 Å². The zero-order chi connectivity index (χ0) is 9.56. The molecule has 0 radical (unpaired) electrons. The number of rotatable bonds is 4. The molecule has 0 bridgehead atoms. The van der Waals surface area contributed by atoms with Crippen molar-refractivity contribution in [3.8, 4) is 0 Å². The van der Waals surface area contributed by atoms with E-state index in [9.17, 15) is 9.59 Å². The first-order chi connectivity index (χ1) is 5.60. The zero-order valence-corrected chi connectivity index (χ0v) is 7.26. The second kappa shape index (κ2) is 5.54. The highest BCUT2D eigenvalue weighted by Gasteiger charge is 2.12. The largest absolute Gasteiger partial charge is 0.392 e. The smallest absolute Gasteiger partial charge is 0.222 e. The zero-order valence-electron chi connectivity index (χ0n) is 7.26. The molecule has 0 aliphatic carbocycles. The van der Waals surface area contributed by atoms with Crippen molar-refractivity contribution >= 4 is 11.8 Å². The van der Waals surface area contributed by atoms with Gasteiger partial charge in [0.25, 0.3) is 0 Å². The lowest BCUT2D eigenvalue weighted by atomic mass is 10.2. The van der Waals surface area contributed by atoms with Crippen molar-refractivity contribution in [1.82, 2.24) is 10.6 Å². The van der Waals surface area contributed by atoms with Gasteiger partial charge in [0.05, 0.1) is 18.9 Å². The Bertz CT molecular complexity index is 152. The Balaban J connectivity index is 3.66. The molecular formula is C7H14N2O3. The monoisotopic (exact) mass is 174 g/mol. The lowest BCUT2D eigenvalue weighted by Gasteiger charge is -2.07. The third kappa shape index (κ3) is 4.68. The summed E-state index contributed by atoms with van der Waals surface area (Å²) in [5.41, 5.74) is 0. The Morgan fingerprint density at radius 3 is 1.75 bits per heavy atom. The summed E-state index contributed by atoms with van der Waals surface area (Å²) >= 11 is 0. The second-order valence-corrected chi connectivity index (χ2v) is 2.41. The van der Waals surface area contributed by atoms with Crippen molar-refractivity contribution in [3.05, 3.63) is 0 Å². The number of hydrogen-bond donors (Lipinski definition) is 3. The van der Waals surface area contributed by atoms with E-state index in [-0.39, 0.29) is 24.7 Å². The van der Waals surface area contributed by atoms with Crippen LogP contribution in [0.3, 0.4) is 0 Å². The summed E-state index contributed by atoms with van der Waals surface area (Å²) in [6, 6.07) is 0. The SMILES string of the molecule is CNC(=O)CC(O)CC(=O)NC. The molecule has 0 atom stereocenters. The van der Waals surface area contributed by atoms with E-state index in [1.54, 1.807) is 0 Å². The number of aliphatic hydroxyl groups excluding tert-OH is 1. The third-order valence-electron chi connectivity index (χ3n) is 1.40. The molecule has 0 saturated carbocycles. The molecule has 0 unspecified atom stereocenters. The second-order valence-electron chi connectivity index (χ2n) is 2.41. The number of amides is 2. The highest BCUT2D eigenvalue weighted by molar-refractivity contribution is 5.79. The molecule has 3 N–H and O–H groups in total. The van der Waals surface area contributed by atoms with E-state index < -0.39 is 6.10 Å². The lowest BCUT2D eigenvalue weighted by Crippen LogP contribution is -2.28. The predicted octanol–water partition coefficient (Wildman–Crippen LogP) is -1.38. The fourth-order valence-electron chi connectivity index (χ4n) is 0.704. The van der Waals surface area contributed by atoms with Gasteiger partial charge in [-0.3, -0.25) is 9.59 Å². The average Bonchev–Trinajstić information content (AvgIpc) is 2.03. The van der Waals surface area contributed by atoms with E-state index in [4.69, 9.17) is 5.11 Å². The molecule has 0 aliphatic heterocycles. The Morgan fingerprint density at radius 2 is 1.50 bits per heavy atom. The number of carbonyl (C=O) groups excluding carboxylic acids is 2. The minimum absolute atomic E-state index is 0.0378. The van der Waals surface area contributed by atoms with E-state index in [0.717, 1.165) is 0 Å². The maximum atomic E-state index is 10.7. The highest BCUT2D eigenvalue weighted by atomic mass is 16.3. The lowest BCUT2D eigenvalue weighted by molar-refractivity contribution is -0.125. The van der Waals surface area contributed by atoms with Crippen LogP contribution < -0.4 is 10.6 Å². The fraction of sp³-hybridized carbons (Fsp3) is 0.714. The normalized spacial score (nSPS) is 9.67. The molecule has 0 aliphatic rings. The molecule has 0 aromatic heterocycles. The predicted molar refractivity (Wildman–Crippen MR) is 43.4 cm³/mol. The van der Waals surface area contributed by atoms with Crippen LogP contribution in [-0.4, -0.2) is 37.1 Å². The maximum Gasteiger partial charge on any atom is 0.222 e. The van der Waals surface area contributed by atoms with E-state index in [1.165, 1.54) is 14.1 Å². The van der Waals surface area contributed by atoms with E-state index in [2.05, 4.69) is 10.6 Å². The van der Waals surface area contributed by atoms with E-state index in [0.29, 0.717) is 0 Å². The van der Waals surface area contributed by atoms with Gasteiger partial charge < -0.3 is 15.7 Å². The van der Waals surface area contributed by atoms with Crippen LogP contribution >= 0.6 is 0 Å². The fourth-order valence-corrected chi connectivity index (χ4v) is 0.704. The molecule has 5 heteroatoms. The topological polar surface area (TPSA) is 78.4 Å². The minimum atomic E-state index is -0.898. The standard InChI is InChI=1S/C7H14N2O3/c1-8-6(11)3-5(10)4-7(12)9-2/h5,10H,3-4H2,1-2H3,(H,8,11)(H,9,12). The summed E-state index contributed by atoms with van der Waals surface area (Å²) in [6.07, 6.45) is -0.974. The summed E-state index contributed by atoms with van der Waals surface area (Å²) in [5, 5.41) is 13.8. The van der Waals surface area contributed by atoms with Gasteiger partial charge >= 0.3 is 0 Å². The van der Waals surface area contributed by atoms with Gasteiger partial charge in [0.15, 0.2) is 0 Å². The third-order valence-corrected chi connectivity index (χ3v) is 1.40. The average molecular weight is 174 g/mol. The Morgan fingerprint density at radius 1 is 1.17 bits per heavy atom. The van der Waals surface area contributed by atoms with Gasteiger partial charge in [0.2, 0.25) is 11.8 Å². The number of carbonyl (C=O) groups is 2. The number of aliphatic hydroxyl groups is 1. The van der Waals surface area contributed by atoms with Crippen LogP contribution in [0.25, 0.3) is 0 Å². The van der Waals surface area contributed by atoms with Crippen molar-refractivity contribution in [3.63, 3.8) is 0 Å². The van der Waals surface area contributed by atoms with Crippen molar-refractivity contribution < 1.29 is 14.7 Å². The van der Waals surface area contributed by atoms with Gasteiger partial charge in [-0.2, -0.15) is 0 Å². The van der Waals surface area contributed by atoms with Crippen molar-refractivity contribution in [2.75, 3.05) is 14.1 Å². The van der Waals surface area contributed by atoms with Gasteiger partial charge in [-0.15, -0.1) is 0 Å². The van der Waals surface area contributed by atoms with Crippen molar-refractivity contribution in [1.29, 1.82) is 0 Å². The molecule has 5 nitrogen and oxygen atoms in total. The summed E-state index contributed by atoms with van der Waals surface area (Å²) < 4.78 is 0. The van der Waals surface area contributed by atoms with E-state index >= 15 is 0 Å². The summed E-state index contributed by atoms with van der Waals surface area (Å²) in [7, 11) is 2.96. The van der Waals surface area contributed by atoms with Gasteiger partial charge in [-0.1, -0.05) is 0 Å². The molecule has 12 heavy (non-hydrogen) atoms. The molecule has 0 rings (SSSR count). The van der Waals surface area contributed by atoms with Crippen LogP contribution in [0.2, 0.25) is 0 Å². The molecular weight excluding hydrogens is 160 g/mol. The maximum absolute atomic E-state index is 10.7. The molecule has 0 fully saturated rings. The van der Waals surface area contributed by atoms with Crippen molar-refractivity contribution in [2.24, 2.45) is 0 Å². The van der Waals surface area contributed by atoms with Crippen LogP contribution in [0.15, 0.2) is 0 Å². The number of hydrogen-bond acceptors (Lipinski definition) is 3. The number of nitrogens with one attached hydrogen (secondary N) is 2. The molecule has 0 aromatic rings. The molecule has 70 valence electrons. The van der Waals surface area contributed by atoms with Crippen molar-refractivity contribution in [2.45, 2.75) is 18.9 Å². The molecule has 2 amide bonds. The summed E-state index contributed by atoms with van der Waals surface area (Å²) in [6.45, 7) is 0. The van der Waals surface area contributed by atoms with Gasteiger partial charge in [-0.05, 0) is 0 Å². The highest BCUT2D eigenvalue weighted by Crippen LogP contribution is 1.96. The Labute approximate surface area is 71.1 Å². The first kappa shape index (κ1) is 10.9. The Hall–Kier alpha value is -1.10. The van der Waals surface area contributed by atoms with E-state index in [1.807, 2.05) is 0 Å². The molecule has 0 aromatic carbocycles. The minimum Gasteiger partial charge on any atom is -0.392 e. The first-order valence-electron chi connectivity index (χ1n) is 3.69. The van der Waals surface area contributed by atoms with Crippen LogP contribution in [0.4, 0.5) is 0 Å². The molecule has 0 saturated heterocycles. The molecule has 0 heterocycles. The quantitative estimate of drug-likeness (QED) is 0.491. The van der Waals surface area contributed by atoms with Crippen LogP contribution in [0, 0.1) is 0 Å². The first-order valence-corrected chi connectivity index (χ1v) is 3.69. The summed E-state index contributed by atoms with van der Waals surface area (Å²) in [5.74, 6) is -0.544.